The van der Waals surface area contributed by atoms with Crippen LogP contribution in [0.3, 0.4) is 0 Å². The van der Waals surface area contributed by atoms with Crippen molar-refractivity contribution in [1.29, 1.82) is 0 Å². The van der Waals surface area contributed by atoms with Crippen LogP contribution in [0.25, 0.3) is 10.8 Å². The number of hydrogen-bond donors (Lipinski definition) is 2. The minimum Gasteiger partial charge on any atom is -0.387 e. The van der Waals surface area contributed by atoms with Gasteiger partial charge in [0.1, 0.15) is 18.3 Å². The van der Waals surface area contributed by atoms with Crippen molar-refractivity contribution in [3.8, 4) is 0 Å². The number of aryl methyl sites for hydroxylation is 1. The Morgan fingerprint density at radius 2 is 1.81 bits per heavy atom. The molecule has 2 aromatic carbocycles. The van der Waals surface area contributed by atoms with E-state index in [1.165, 1.54) is 24.4 Å². The van der Waals surface area contributed by atoms with E-state index in [-0.39, 0.29) is 4.90 Å². The third kappa shape index (κ3) is 4.25. The summed E-state index contributed by atoms with van der Waals surface area (Å²) in [5, 5.41) is 22.2. The molecule has 2 heterocycles. The highest BCUT2D eigenvalue weighted by molar-refractivity contribution is 7.86. The van der Waals surface area contributed by atoms with E-state index in [9.17, 15) is 23.4 Å². The molecule has 0 amide bonds. The van der Waals surface area contributed by atoms with E-state index in [1.54, 1.807) is 30.3 Å². The molecule has 31 heavy (non-hydrogen) atoms. The van der Waals surface area contributed by atoms with E-state index in [2.05, 4.69) is 0 Å². The number of nitrogens with zero attached hydrogens (tertiary/aromatic N) is 1. The molecule has 0 bridgehead atoms. The number of aliphatic hydroxyl groups is 2. The van der Waals surface area contributed by atoms with Crippen molar-refractivity contribution in [3.05, 3.63) is 75.7 Å². The molecule has 1 aliphatic heterocycles. The first-order chi connectivity index (χ1) is 14.7. The van der Waals surface area contributed by atoms with Gasteiger partial charge in [0.05, 0.1) is 11.5 Å². The summed E-state index contributed by atoms with van der Waals surface area (Å²) in [6.07, 6.45) is -3.88. The average Bonchev–Trinajstić information content (AvgIpc) is 3.02. The number of hydrogen-bond acceptors (Lipinski definition) is 7. The maximum absolute atomic E-state index is 12.9. The topological polar surface area (TPSA) is 115 Å². The van der Waals surface area contributed by atoms with Gasteiger partial charge >= 0.3 is 0 Å². The van der Waals surface area contributed by atoms with Crippen LogP contribution < -0.4 is 5.56 Å². The first kappa shape index (κ1) is 21.9. The average molecular weight is 466 g/mol. The van der Waals surface area contributed by atoms with Crippen LogP contribution in [0.4, 0.5) is 0 Å². The SMILES string of the molecule is Cc1ccc(S(=O)(=O)OCC2OC(n3ccc4ccc(Cl)cc4c3=O)C(O)C2O)cc1. The van der Waals surface area contributed by atoms with Gasteiger partial charge < -0.3 is 14.9 Å². The van der Waals surface area contributed by atoms with Gasteiger partial charge in [0.15, 0.2) is 6.23 Å². The first-order valence-electron chi connectivity index (χ1n) is 9.45. The third-order valence-corrected chi connectivity index (χ3v) is 6.73. The highest BCUT2D eigenvalue weighted by atomic mass is 35.5. The molecule has 4 rings (SSSR count). The molecule has 3 aromatic rings. The molecule has 1 fully saturated rings. The Balaban J connectivity index is 1.55. The lowest BCUT2D eigenvalue weighted by molar-refractivity contribution is -0.0500. The summed E-state index contributed by atoms with van der Waals surface area (Å²) >= 11 is 5.98. The Morgan fingerprint density at radius 1 is 1.10 bits per heavy atom. The van der Waals surface area contributed by atoms with Crippen LogP contribution in [0.1, 0.15) is 11.8 Å². The van der Waals surface area contributed by atoms with Crippen molar-refractivity contribution in [1.82, 2.24) is 4.57 Å². The molecule has 1 saturated heterocycles. The summed E-state index contributed by atoms with van der Waals surface area (Å²) in [5.41, 5.74) is 0.423. The van der Waals surface area contributed by atoms with E-state index < -0.39 is 46.8 Å². The van der Waals surface area contributed by atoms with Crippen LogP contribution in [-0.4, -0.2) is 48.1 Å². The zero-order chi connectivity index (χ0) is 22.3. The first-order valence-corrected chi connectivity index (χ1v) is 11.2. The lowest BCUT2D eigenvalue weighted by Crippen LogP contribution is -2.35. The lowest BCUT2D eigenvalue weighted by Gasteiger charge is -2.18. The Bertz CT molecular complexity index is 1270. The third-order valence-electron chi connectivity index (χ3n) is 5.20. The lowest BCUT2D eigenvalue weighted by atomic mass is 10.1. The van der Waals surface area contributed by atoms with Crippen molar-refractivity contribution in [2.75, 3.05) is 6.61 Å². The molecule has 10 heteroatoms. The second-order valence-corrected chi connectivity index (χ2v) is 9.41. The summed E-state index contributed by atoms with van der Waals surface area (Å²) in [4.78, 5) is 12.8. The number of ether oxygens (including phenoxy) is 1. The molecule has 0 spiro atoms. The van der Waals surface area contributed by atoms with E-state index >= 15 is 0 Å². The van der Waals surface area contributed by atoms with Crippen LogP contribution in [0.15, 0.2) is 64.4 Å². The van der Waals surface area contributed by atoms with E-state index in [0.717, 1.165) is 10.1 Å². The quantitative estimate of drug-likeness (QED) is 0.553. The van der Waals surface area contributed by atoms with Crippen molar-refractivity contribution in [2.24, 2.45) is 0 Å². The van der Waals surface area contributed by atoms with Gasteiger partial charge in [0, 0.05) is 16.6 Å². The smallest absolute Gasteiger partial charge is 0.297 e. The van der Waals surface area contributed by atoms with Gasteiger partial charge in [0.2, 0.25) is 0 Å². The molecule has 2 N–H and O–H groups in total. The van der Waals surface area contributed by atoms with Crippen LogP contribution in [0, 0.1) is 6.92 Å². The number of fused-ring (bicyclic) bond motifs is 1. The molecule has 8 nitrogen and oxygen atoms in total. The number of pyridine rings is 1. The van der Waals surface area contributed by atoms with Crippen LogP contribution in [-0.2, 0) is 19.0 Å². The predicted molar refractivity (Wildman–Crippen MR) is 113 cm³/mol. The second-order valence-electron chi connectivity index (χ2n) is 7.36. The molecular weight excluding hydrogens is 446 g/mol. The van der Waals surface area contributed by atoms with Crippen molar-refractivity contribution in [2.45, 2.75) is 36.4 Å². The normalized spacial score (nSPS) is 24.0. The molecule has 4 unspecified atom stereocenters. The monoisotopic (exact) mass is 465 g/mol. The summed E-state index contributed by atoms with van der Waals surface area (Å²) in [6, 6.07) is 12.6. The van der Waals surface area contributed by atoms with Gasteiger partial charge in [-0.3, -0.25) is 13.5 Å². The maximum atomic E-state index is 12.9. The largest absolute Gasteiger partial charge is 0.387 e. The highest BCUT2D eigenvalue weighted by Crippen LogP contribution is 2.30. The summed E-state index contributed by atoms with van der Waals surface area (Å²) in [5.74, 6) is 0. The fourth-order valence-electron chi connectivity index (χ4n) is 3.45. The summed E-state index contributed by atoms with van der Waals surface area (Å²) in [6.45, 7) is 1.29. The minimum absolute atomic E-state index is 0.0367. The summed E-state index contributed by atoms with van der Waals surface area (Å²) in [7, 11) is -4.09. The van der Waals surface area contributed by atoms with Gasteiger partial charge in [-0.25, -0.2) is 0 Å². The van der Waals surface area contributed by atoms with Gasteiger partial charge in [-0.2, -0.15) is 8.42 Å². The van der Waals surface area contributed by atoms with Crippen LogP contribution in [0.2, 0.25) is 5.02 Å². The zero-order valence-corrected chi connectivity index (χ0v) is 18.0. The number of rotatable bonds is 5. The van der Waals surface area contributed by atoms with Crippen LogP contribution in [0.5, 0.6) is 0 Å². The Kier molecular flexibility index (Phi) is 5.91. The van der Waals surface area contributed by atoms with Gasteiger partial charge in [0.25, 0.3) is 15.7 Å². The fourth-order valence-corrected chi connectivity index (χ4v) is 4.54. The standard InChI is InChI=1S/C21H20ClNO7S/c1-12-2-6-15(7-3-12)31(27,28)29-11-17-18(24)19(25)21(30-17)23-9-8-13-4-5-14(22)10-16(13)20(23)26/h2-10,17-19,21,24-25H,11H2,1H3. The minimum atomic E-state index is -4.09. The van der Waals surface area contributed by atoms with Crippen molar-refractivity contribution in [3.63, 3.8) is 0 Å². The Labute approximate surface area is 183 Å². The van der Waals surface area contributed by atoms with Gasteiger partial charge in [-0.1, -0.05) is 35.4 Å². The molecule has 0 radical (unpaired) electrons. The number of halogens is 1. The zero-order valence-electron chi connectivity index (χ0n) is 16.4. The Hall–Kier alpha value is -2.27. The molecule has 4 atom stereocenters. The maximum Gasteiger partial charge on any atom is 0.297 e. The molecule has 1 aromatic heterocycles. The number of benzene rings is 2. The number of aliphatic hydroxyl groups excluding tert-OH is 2. The van der Waals surface area contributed by atoms with Gasteiger partial charge in [-0.05, 0) is 42.6 Å². The molecule has 0 aliphatic carbocycles. The van der Waals surface area contributed by atoms with Crippen molar-refractivity contribution < 1.29 is 27.6 Å². The predicted octanol–water partition coefficient (Wildman–Crippen LogP) is 1.99. The molecule has 1 aliphatic rings. The summed E-state index contributed by atoms with van der Waals surface area (Å²) < 4.78 is 36.6. The Morgan fingerprint density at radius 3 is 2.52 bits per heavy atom. The molecule has 164 valence electrons. The van der Waals surface area contributed by atoms with Gasteiger partial charge in [-0.15, -0.1) is 0 Å². The molecule has 0 saturated carbocycles. The van der Waals surface area contributed by atoms with E-state index in [4.69, 9.17) is 20.5 Å². The fraction of sp³-hybridized carbons (Fsp3) is 0.286. The number of aromatic nitrogens is 1. The second kappa shape index (κ2) is 8.34. The highest BCUT2D eigenvalue weighted by Gasteiger charge is 2.44. The molecular formula is C21H20ClNO7S. The van der Waals surface area contributed by atoms with E-state index in [0.29, 0.717) is 15.8 Å². The van der Waals surface area contributed by atoms with E-state index in [1.807, 2.05) is 6.92 Å². The van der Waals surface area contributed by atoms with Crippen molar-refractivity contribution >= 4 is 32.5 Å². The van der Waals surface area contributed by atoms with Crippen LogP contribution >= 0.6 is 11.6 Å².